The van der Waals surface area contributed by atoms with Crippen LogP contribution in [-0.4, -0.2) is 41.4 Å². The van der Waals surface area contributed by atoms with Crippen molar-refractivity contribution in [1.29, 1.82) is 0 Å². The second-order valence-corrected chi connectivity index (χ2v) is 6.36. The lowest BCUT2D eigenvalue weighted by molar-refractivity contribution is -0.144. The number of alkyl halides is 1. The molecule has 1 saturated heterocycles. The number of amides is 1. The highest BCUT2D eigenvalue weighted by Crippen LogP contribution is 2.27. The first-order chi connectivity index (χ1) is 8.70. The first-order valence-corrected chi connectivity index (χ1v) is 8.30. The van der Waals surface area contributed by atoms with Gasteiger partial charge in [0.05, 0.1) is 18.8 Å². The van der Waals surface area contributed by atoms with Crippen molar-refractivity contribution >= 4 is 21.8 Å². The molecule has 0 radical (unpaired) electrons. The Balaban J connectivity index is 1.85. The number of carbonyl (C=O) groups is 1. The van der Waals surface area contributed by atoms with Crippen LogP contribution in [0.5, 0.6) is 0 Å². The summed E-state index contributed by atoms with van der Waals surface area (Å²) in [5, 5.41) is 0.812. The van der Waals surface area contributed by atoms with E-state index in [0.29, 0.717) is 18.4 Å². The summed E-state index contributed by atoms with van der Waals surface area (Å²) in [6.45, 7) is 3.51. The van der Waals surface area contributed by atoms with Gasteiger partial charge in [0, 0.05) is 18.3 Å². The molecule has 0 N–H and O–H groups in total. The quantitative estimate of drug-likeness (QED) is 0.749. The van der Waals surface area contributed by atoms with Gasteiger partial charge in [-0.25, -0.2) is 0 Å². The molecule has 1 saturated carbocycles. The molecule has 0 aromatic heterocycles. The number of hydrogen-bond donors (Lipinski definition) is 0. The van der Waals surface area contributed by atoms with Crippen molar-refractivity contribution < 1.29 is 9.53 Å². The zero-order valence-corrected chi connectivity index (χ0v) is 12.8. The molecule has 2 unspecified atom stereocenters. The van der Waals surface area contributed by atoms with Gasteiger partial charge in [0.1, 0.15) is 0 Å². The van der Waals surface area contributed by atoms with Gasteiger partial charge < -0.3 is 9.64 Å². The minimum absolute atomic E-state index is 0.163. The van der Waals surface area contributed by atoms with Gasteiger partial charge in [-0.2, -0.15) is 0 Å². The van der Waals surface area contributed by atoms with Crippen LogP contribution < -0.4 is 0 Å². The molecule has 104 valence electrons. The zero-order chi connectivity index (χ0) is 13.0. The Morgan fingerprint density at radius 3 is 2.72 bits per heavy atom. The lowest BCUT2D eigenvalue weighted by atomic mass is 9.86. The first kappa shape index (κ1) is 14.3. The van der Waals surface area contributed by atoms with Crippen LogP contribution in [0, 0.1) is 5.92 Å². The molecule has 0 aromatic carbocycles. The summed E-state index contributed by atoms with van der Waals surface area (Å²) in [6, 6.07) is 0.233. The summed E-state index contributed by atoms with van der Waals surface area (Å²) in [4.78, 5) is 14.4. The third-order valence-electron chi connectivity index (χ3n) is 4.19. The van der Waals surface area contributed by atoms with Crippen LogP contribution in [-0.2, 0) is 9.53 Å². The van der Waals surface area contributed by atoms with Crippen molar-refractivity contribution in [2.45, 2.75) is 57.6 Å². The molecule has 18 heavy (non-hydrogen) atoms. The Kier molecular flexibility index (Phi) is 5.49. The van der Waals surface area contributed by atoms with E-state index in [1.54, 1.807) is 0 Å². The first-order valence-electron chi connectivity index (χ1n) is 7.17. The van der Waals surface area contributed by atoms with Crippen molar-refractivity contribution in [3.8, 4) is 0 Å². The van der Waals surface area contributed by atoms with Crippen LogP contribution in [0.15, 0.2) is 0 Å². The smallest absolute Gasteiger partial charge is 0.223 e. The van der Waals surface area contributed by atoms with E-state index in [-0.39, 0.29) is 12.1 Å². The highest BCUT2D eigenvalue weighted by molar-refractivity contribution is 9.09. The van der Waals surface area contributed by atoms with Crippen molar-refractivity contribution in [3.05, 3.63) is 0 Å². The molecule has 0 aromatic rings. The van der Waals surface area contributed by atoms with Crippen LogP contribution in [0.2, 0.25) is 0 Å². The average Bonchev–Trinajstić information content (AvgIpc) is 2.40. The molecule has 1 aliphatic heterocycles. The van der Waals surface area contributed by atoms with Crippen LogP contribution in [0.25, 0.3) is 0 Å². The van der Waals surface area contributed by atoms with Gasteiger partial charge >= 0.3 is 0 Å². The fraction of sp³-hybridized carbons (Fsp3) is 0.929. The van der Waals surface area contributed by atoms with E-state index in [4.69, 9.17) is 4.74 Å². The molecular weight excluding hydrogens is 294 g/mol. The van der Waals surface area contributed by atoms with E-state index < -0.39 is 0 Å². The fourth-order valence-corrected chi connectivity index (χ4v) is 3.41. The molecule has 0 bridgehead atoms. The Hall–Kier alpha value is -0.0900. The van der Waals surface area contributed by atoms with Gasteiger partial charge in [0.15, 0.2) is 0 Å². The largest absolute Gasteiger partial charge is 0.373 e. The van der Waals surface area contributed by atoms with E-state index in [2.05, 4.69) is 22.9 Å². The zero-order valence-electron chi connectivity index (χ0n) is 11.2. The van der Waals surface area contributed by atoms with Crippen LogP contribution in [0.1, 0.15) is 45.4 Å². The average molecular weight is 318 g/mol. The Labute approximate surface area is 118 Å². The highest BCUT2D eigenvalue weighted by Gasteiger charge is 2.30. The van der Waals surface area contributed by atoms with E-state index in [0.717, 1.165) is 18.3 Å². The molecule has 1 heterocycles. The third kappa shape index (κ3) is 3.70. The van der Waals surface area contributed by atoms with Crippen LogP contribution in [0.3, 0.4) is 0 Å². The fourth-order valence-electron chi connectivity index (χ4n) is 3.01. The van der Waals surface area contributed by atoms with Crippen molar-refractivity contribution in [1.82, 2.24) is 4.90 Å². The molecule has 4 heteroatoms. The summed E-state index contributed by atoms with van der Waals surface area (Å²) in [5.74, 6) is 0.965. The lowest BCUT2D eigenvalue weighted by Crippen LogP contribution is -2.51. The molecule has 3 nitrogen and oxygen atoms in total. The van der Waals surface area contributed by atoms with E-state index >= 15 is 0 Å². The molecule has 2 fully saturated rings. The predicted molar refractivity (Wildman–Crippen MR) is 75.9 cm³/mol. The summed E-state index contributed by atoms with van der Waals surface area (Å²) in [5.41, 5.74) is 0. The monoisotopic (exact) mass is 317 g/mol. The predicted octanol–water partition coefficient (Wildman–Crippen LogP) is 2.97. The molecule has 0 spiro atoms. The number of halogens is 1. The Morgan fingerprint density at radius 2 is 2.06 bits per heavy atom. The normalized spacial score (nSPS) is 30.4. The summed E-state index contributed by atoms with van der Waals surface area (Å²) < 4.78 is 5.67. The topological polar surface area (TPSA) is 29.5 Å². The number of hydrogen-bond acceptors (Lipinski definition) is 2. The number of rotatable bonds is 3. The minimum Gasteiger partial charge on any atom is -0.373 e. The second kappa shape index (κ2) is 6.90. The van der Waals surface area contributed by atoms with Gasteiger partial charge in [-0.05, 0) is 25.7 Å². The third-order valence-corrected chi connectivity index (χ3v) is 4.91. The molecule has 1 aliphatic carbocycles. The van der Waals surface area contributed by atoms with Gasteiger partial charge in [0.25, 0.3) is 0 Å². The van der Waals surface area contributed by atoms with Gasteiger partial charge in [0.2, 0.25) is 5.91 Å². The van der Waals surface area contributed by atoms with Crippen molar-refractivity contribution in [2.75, 3.05) is 18.5 Å². The van der Waals surface area contributed by atoms with Gasteiger partial charge in [-0.3, -0.25) is 4.79 Å². The van der Waals surface area contributed by atoms with Gasteiger partial charge in [-0.15, -0.1) is 0 Å². The van der Waals surface area contributed by atoms with E-state index in [1.165, 1.54) is 32.1 Å². The Bertz CT molecular complexity index is 279. The number of nitrogens with zero attached hydrogens (tertiary/aromatic N) is 1. The Morgan fingerprint density at radius 1 is 1.33 bits per heavy atom. The van der Waals surface area contributed by atoms with Crippen LogP contribution >= 0.6 is 15.9 Å². The number of morpholine rings is 1. The molecule has 2 rings (SSSR count). The van der Waals surface area contributed by atoms with E-state index in [9.17, 15) is 4.79 Å². The molecule has 2 atom stereocenters. The molecular formula is C14H24BrNO2. The van der Waals surface area contributed by atoms with Crippen molar-refractivity contribution in [2.24, 2.45) is 5.92 Å². The summed E-state index contributed by atoms with van der Waals surface area (Å²) in [6.07, 6.45) is 7.36. The van der Waals surface area contributed by atoms with Crippen LogP contribution in [0.4, 0.5) is 0 Å². The minimum atomic E-state index is 0.163. The maximum Gasteiger partial charge on any atom is 0.223 e. The standard InChI is InChI=1S/C14H24BrNO2/c1-11-10-18-13(8-15)9-16(11)14(17)7-12-5-3-2-4-6-12/h11-13H,2-10H2,1H3. The SMILES string of the molecule is CC1COC(CBr)CN1C(=O)CC1CCCCC1. The number of carbonyl (C=O) groups excluding carboxylic acids is 1. The van der Waals surface area contributed by atoms with Crippen molar-refractivity contribution in [3.63, 3.8) is 0 Å². The lowest BCUT2D eigenvalue weighted by Gasteiger charge is -2.38. The summed E-state index contributed by atoms with van der Waals surface area (Å²) >= 11 is 3.44. The molecule has 2 aliphatic rings. The maximum atomic E-state index is 12.4. The number of ether oxygens (including phenoxy) is 1. The van der Waals surface area contributed by atoms with E-state index in [1.807, 2.05) is 4.90 Å². The summed E-state index contributed by atoms with van der Waals surface area (Å²) in [7, 11) is 0. The second-order valence-electron chi connectivity index (χ2n) is 5.71. The molecule has 1 amide bonds. The van der Waals surface area contributed by atoms with Gasteiger partial charge in [-0.1, -0.05) is 35.2 Å². The maximum absolute atomic E-state index is 12.4. The highest BCUT2D eigenvalue weighted by atomic mass is 79.9.